The van der Waals surface area contributed by atoms with Gasteiger partial charge >= 0.3 is 0 Å². The largest absolute Gasteiger partial charge is 0.457 e. The van der Waals surface area contributed by atoms with Crippen LogP contribution in [0.25, 0.3) is 0 Å². The van der Waals surface area contributed by atoms with E-state index in [-0.39, 0.29) is 15.8 Å². The molecule has 0 amide bonds. The fourth-order valence-corrected chi connectivity index (χ4v) is 10.1. The Labute approximate surface area is 392 Å². The standard InChI is InChI=1S/C55H79N5O4S/c1-40-20-28-48-46(38-40)54(5,6)50(57(48)34-16-36-59(9,10)11)30-23-42-18-15-19-43(52(42)64-44-25-21-41(22-26-44)32-33-56-53(2,3)4)24-31-51-55(7,8)47-39-45(65(61,62)63)27-29-49(47)58(51)35-17-37-60(12,13)14/h20-31,38-39,56H,15-19,32-37H2,1-14H3/q+2/p+1. The second-order valence-corrected chi connectivity index (χ2v) is 24.2. The second-order valence-electron chi connectivity index (χ2n) is 22.8. The van der Waals surface area contributed by atoms with Crippen molar-refractivity contribution in [2.24, 2.45) is 0 Å². The average Bonchev–Trinajstić information content (AvgIpc) is 3.52. The van der Waals surface area contributed by atoms with Gasteiger partial charge in [0.05, 0.1) is 72.1 Å². The summed E-state index contributed by atoms with van der Waals surface area (Å²) in [5.74, 6) is 1.71. The molecule has 0 unspecified atom stereocenters. The molecule has 3 aromatic carbocycles. The third-order valence-corrected chi connectivity index (χ3v) is 14.1. The van der Waals surface area contributed by atoms with Crippen molar-refractivity contribution in [1.29, 1.82) is 0 Å². The van der Waals surface area contributed by atoms with E-state index in [1.165, 1.54) is 39.7 Å². The minimum absolute atomic E-state index is 0.0667. The van der Waals surface area contributed by atoms with Crippen LogP contribution < -0.4 is 15.0 Å². The maximum absolute atomic E-state index is 12.4. The van der Waals surface area contributed by atoms with Gasteiger partial charge in [0.25, 0.3) is 10.1 Å². The highest BCUT2D eigenvalue weighted by molar-refractivity contribution is 7.85. The highest BCUT2D eigenvalue weighted by Gasteiger charge is 2.45. The van der Waals surface area contributed by atoms with Gasteiger partial charge < -0.3 is 23.9 Å². The lowest BCUT2D eigenvalue weighted by Gasteiger charge is -2.29. The molecule has 0 bridgehead atoms. The number of ether oxygens (including phenoxy) is 1. The van der Waals surface area contributed by atoms with Gasteiger partial charge in [0.2, 0.25) is 5.69 Å². The van der Waals surface area contributed by atoms with Crippen molar-refractivity contribution in [2.75, 3.05) is 79.9 Å². The molecule has 2 heterocycles. The minimum atomic E-state index is -4.37. The molecule has 0 spiro atoms. The Morgan fingerprint density at radius 1 is 0.831 bits per heavy atom. The van der Waals surface area contributed by atoms with Crippen molar-refractivity contribution in [2.45, 2.75) is 115 Å². The van der Waals surface area contributed by atoms with E-state index in [2.05, 4.69) is 179 Å². The SMILES string of the molecule is Cc1ccc2c(c1)C(C)(C)C(=CC=C1CCCC(C=CC3=[N+](CCC[N+](C)(C)C)c4ccc(S(=O)(=O)O)cc4C3(C)C)=C1Oc1ccc(CCNC(C)(C)C)cc1)N2CCC[N+](C)(C)C. The molecule has 0 radical (unpaired) electrons. The fourth-order valence-electron chi connectivity index (χ4n) is 9.63. The molecular weight excluding hydrogens is 827 g/mol. The Kier molecular flexibility index (Phi) is 14.7. The Hall–Kier alpha value is -4.32. The highest BCUT2D eigenvalue weighted by atomic mass is 32.2. The lowest BCUT2D eigenvalue weighted by atomic mass is 9.81. The summed E-state index contributed by atoms with van der Waals surface area (Å²) in [7, 11) is 9.04. The Balaban J connectivity index is 1.45. The first-order valence-electron chi connectivity index (χ1n) is 23.8. The number of nitrogens with zero attached hydrogens (tertiary/aromatic N) is 4. The zero-order valence-corrected chi connectivity index (χ0v) is 43.0. The lowest BCUT2D eigenvalue weighted by molar-refractivity contribution is -0.871. The van der Waals surface area contributed by atoms with Gasteiger partial charge in [-0.15, -0.1) is 0 Å². The summed E-state index contributed by atoms with van der Waals surface area (Å²) in [4.78, 5) is 2.47. The van der Waals surface area contributed by atoms with Crippen molar-refractivity contribution in [3.8, 4) is 5.75 Å². The van der Waals surface area contributed by atoms with Crippen LogP contribution >= 0.6 is 0 Å². The van der Waals surface area contributed by atoms with Crippen LogP contribution in [0, 0.1) is 6.92 Å². The molecule has 2 aliphatic heterocycles. The number of hydrogen-bond acceptors (Lipinski definition) is 5. The molecule has 352 valence electrons. The Bertz CT molecular complexity index is 2500. The summed E-state index contributed by atoms with van der Waals surface area (Å²) >= 11 is 0. The van der Waals surface area contributed by atoms with E-state index in [1.807, 2.05) is 6.07 Å². The molecule has 6 rings (SSSR count). The van der Waals surface area contributed by atoms with Crippen LogP contribution in [0.15, 0.2) is 112 Å². The minimum Gasteiger partial charge on any atom is -0.457 e. The zero-order chi connectivity index (χ0) is 47.8. The molecule has 1 aliphatic carbocycles. The number of rotatable bonds is 17. The molecule has 3 aromatic rings. The van der Waals surface area contributed by atoms with Gasteiger partial charge in [-0.25, -0.2) is 0 Å². The van der Waals surface area contributed by atoms with E-state index in [0.717, 1.165) is 114 Å². The maximum Gasteiger partial charge on any atom is 0.294 e. The molecule has 10 heteroatoms. The maximum atomic E-state index is 12.4. The number of fused-ring (bicyclic) bond motifs is 2. The van der Waals surface area contributed by atoms with Crippen LogP contribution in [-0.2, 0) is 27.4 Å². The molecule has 2 N–H and O–H groups in total. The van der Waals surface area contributed by atoms with Gasteiger partial charge in [-0.3, -0.25) is 4.55 Å². The fraction of sp³-hybridized carbons (Fsp3) is 0.509. The molecule has 3 aliphatic rings. The van der Waals surface area contributed by atoms with Gasteiger partial charge in [-0.2, -0.15) is 13.0 Å². The monoisotopic (exact) mass is 907 g/mol. The molecule has 0 atom stereocenters. The summed E-state index contributed by atoms with van der Waals surface area (Å²) in [5.41, 5.74) is 11.1. The quantitative estimate of drug-likeness (QED) is 0.0798. The molecule has 0 aromatic heterocycles. The molecule has 0 saturated heterocycles. The van der Waals surface area contributed by atoms with E-state index >= 15 is 0 Å². The van der Waals surface area contributed by atoms with Crippen LogP contribution in [-0.4, -0.2) is 113 Å². The molecule has 9 nitrogen and oxygen atoms in total. The van der Waals surface area contributed by atoms with Crippen LogP contribution in [0.5, 0.6) is 5.75 Å². The summed E-state index contributed by atoms with van der Waals surface area (Å²) in [6.45, 7) is 22.5. The summed E-state index contributed by atoms with van der Waals surface area (Å²) < 4.78 is 46.0. The van der Waals surface area contributed by atoms with E-state index in [1.54, 1.807) is 6.07 Å². The number of hydrogen-bond donors (Lipinski definition) is 2. The van der Waals surface area contributed by atoms with Gasteiger partial charge in [0.1, 0.15) is 11.5 Å². The van der Waals surface area contributed by atoms with E-state index in [4.69, 9.17) is 4.74 Å². The second kappa shape index (κ2) is 19.1. The predicted octanol–water partition coefficient (Wildman–Crippen LogP) is 10.4. The third kappa shape index (κ3) is 12.4. The number of allylic oxidation sites excluding steroid dienone is 7. The Morgan fingerprint density at radius 2 is 1.51 bits per heavy atom. The molecular formula is C55H80N5O4S+3. The molecule has 0 saturated carbocycles. The van der Waals surface area contributed by atoms with Crippen LogP contribution in [0.1, 0.15) is 103 Å². The summed E-state index contributed by atoms with van der Waals surface area (Å²) in [5, 5.41) is 3.61. The lowest BCUT2D eigenvalue weighted by Crippen LogP contribution is -2.37. The van der Waals surface area contributed by atoms with E-state index in [0.29, 0.717) is 0 Å². The zero-order valence-electron chi connectivity index (χ0n) is 42.2. The highest BCUT2D eigenvalue weighted by Crippen LogP contribution is 2.49. The Morgan fingerprint density at radius 3 is 2.15 bits per heavy atom. The van der Waals surface area contributed by atoms with Gasteiger partial charge in [0.15, 0.2) is 12.3 Å². The smallest absolute Gasteiger partial charge is 0.294 e. The number of aryl methyl sites for hydroxylation is 1. The van der Waals surface area contributed by atoms with Crippen molar-refractivity contribution in [3.63, 3.8) is 0 Å². The van der Waals surface area contributed by atoms with E-state index < -0.39 is 15.5 Å². The van der Waals surface area contributed by atoms with Gasteiger partial charge in [0, 0.05) is 53.0 Å². The van der Waals surface area contributed by atoms with Crippen LogP contribution in [0.2, 0.25) is 0 Å². The first kappa shape index (κ1) is 50.1. The first-order chi connectivity index (χ1) is 30.1. The van der Waals surface area contributed by atoms with Crippen molar-refractivity contribution in [3.05, 3.63) is 130 Å². The molecule has 0 fully saturated rings. The number of nitrogens with one attached hydrogen (secondary N) is 1. The van der Waals surface area contributed by atoms with Crippen molar-refractivity contribution in [1.82, 2.24) is 5.32 Å². The summed E-state index contributed by atoms with van der Waals surface area (Å²) in [6, 6.07) is 20.5. The van der Waals surface area contributed by atoms with Crippen molar-refractivity contribution >= 4 is 27.2 Å². The number of anilines is 1. The van der Waals surface area contributed by atoms with Gasteiger partial charge in [-0.1, -0.05) is 49.8 Å². The topological polar surface area (TPSA) is 81.9 Å². The normalized spacial score (nSPS) is 19.0. The van der Waals surface area contributed by atoms with Crippen LogP contribution in [0.4, 0.5) is 11.4 Å². The number of quaternary nitrogens is 2. The third-order valence-electron chi connectivity index (χ3n) is 13.2. The summed E-state index contributed by atoms with van der Waals surface area (Å²) in [6.07, 6.45) is 14.9. The average molecular weight is 907 g/mol. The first-order valence-corrected chi connectivity index (χ1v) is 25.2. The van der Waals surface area contributed by atoms with E-state index in [9.17, 15) is 13.0 Å². The predicted molar refractivity (Wildman–Crippen MR) is 270 cm³/mol. The van der Waals surface area contributed by atoms with Crippen molar-refractivity contribution < 1.29 is 31.2 Å². The number of benzene rings is 3. The van der Waals surface area contributed by atoms with Gasteiger partial charge in [-0.05, 0) is 139 Å². The molecule has 65 heavy (non-hydrogen) atoms. The van der Waals surface area contributed by atoms with Crippen LogP contribution in [0.3, 0.4) is 0 Å².